The molecule has 3 N–H and O–H groups in total. The standard InChI is InChI=1S/C12H15F2NO2/c1-12(13,14)9-5-3-2-4-8(9)10(15)6-7-11(16)17/h2-5,10H,6-7,15H2,1H3,(H,16,17). The van der Waals surface area contributed by atoms with Gasteiger partial charge in [0.05, 0.1) is 0 Å². The number of benzene rings is 1. The Morgan fingerprint density at radius 1 is 1.47 bits per heavy atom. The van der Waals surface area contributed by atoms with E-state index in [4.69, 9.17) is 10.8 Å². The number of aliphatic carboxylic acids is 1. The van der Waals surface area contributed by atoms with Gasteiger partial charge in [-0.05, 0) is 12.0 Å². The van der Waals surface area contributed by atoms with Crippen molar-refractivity contribution in [2.24, 2.45) is 5.73 Å². The number of nitrogens with two attached hydrogens (primary N) is 1. The lowest BCUT2D eigenvalue weighted by molar-refractivity contribution is -0.137. The number of halogens is 2. The van der Waals surface area contributed by atoms with Gasteiger partial charge < -0.3 is 10.8 Å². The van der Waals surface area contributed by atoms with Gasteiger partial charge in [0.1, 0.15) is 0 Å². The lowest BCUT2D eigenvalue weighted by Crippen LogP contribution is -2.19. The lowest BCUT2D eigenvalue weighted by Gasteiger charge is -2.19. The number of hydrogen-bond acceptors (Lipinski definition) is 2. The number of alkyl halides is 2. The van der Waals surface area contributed by atoms with E-state index >= 15 is 0 Å². The first-order valence-corrected chi connectivity index (χ1v) is 5.27. The molecule has 0 amide bonds. The number of rotatable bonds is 5. The Morgan fingerprint density at radius 3 is 2.59 bits per heavy atom. The molecule has 17 heavy (non-hydrogen) atoms. The number of carboxylic acids is 1. The van der Waals surface area contributed by atoms with Gasteiger partial charge in [0.2, 0.25) is 0 Å². The van der Waals surface area contributed by atoms with Crippen LogP contribution in [-0.4, -0.2) is 11.1 Å². The zero-order chi connectivity index (χ0) is 13.1. The van der Waals surface area contributed by atoms with Gasteiger partial charge in [-0.25, -0.2) is 8.78 Å². The molecule has 1 aromatic carbocycles. The summed E-state index contributed by atoms with van der Waals surface area (Å²) in [5, 5.41) is 8.53. The Balaban J connectivity index is 2.93. The highest BCUT2D eigenvalue weighted by Gasteiger charge is 2.28. The summed E-state index contributed by atoms with van der Waals surface area (Å²) in [7, 11) is 0. The van der Waals surface area contributed by atoms with E-state index in [-0.39, 0.29) is 18.4 Å². The smallest absolute Gasteiger partial charge is 0.303 e. The SMILES string of the molecule is CC(F)(F)c1ccccc1C(N)CCC(=O)O. The van der Waals surface area contributed by atoms with Gasteiger partial charge in [-0.15, -0.1) is 0 Å². The summed E-state index contributed by atoms with van der Waals surface area (Å²) >= 11 is 0. The van der Waals surface area contributed by atoms with Crippen LogP contribution in [0, 0.1) is 0 Å². The van der Waals surface area contributed by atoms with Gasteiger partial charge in [0.25, 0.3) is 5.92 Å². The second-order valence-corrected chi connectivity index (χ2v) is 4.01. The van der Waals surface area contributed by atoms with E-state index in [1.54, 1.807) is 6.07 Å². The summed E-state index contributed by atoms with van der Waals surface area (Å²) in [5.74, 6) is -3.96. The fourth-order valence-corrected chi connectivity index (χ4v) is 1.65. The van der Waals surface area contributed by atoms with Crippen LogP contribution in [0.5, 0.6) is 0 Å². The molecule has 0 aliphatic carbocycles. The van der Waals surface area contributed by atoms with Crippen LogP contribution in [0.4, 0.5) is 8.78 Å². The molecule has 0 spiro atoms. The van der Waals surface area contributed by atoms with E-state index in [0.717, 1.165) is 6.92 Å². The van der Waals surface area contributed by atoms with E-state index in [1.807, 2.05) is 0 Å². The number of carbonyl (C=O) groups is 1. The molecule has 0 fully saturated rings. The average molecular weight is 243 g/mol. The zero-order valence-corrected chi connectivity index (χ0v) is 9.49. The van der Waals surface area contributed by atoms with Crippen LogP contribution >= 0.6 is 0 Å². The van der Waals surface area contributed by atoms with E-state index in [9.17, 15) is 13.6 Å². The normalized spacial score (nSPS) is 13.4. The fraction of sp³-hybridized carbons (Fsp3) is 0.417. The quantitative estimate of drug-likeness (QED) is 0.835. The molecule has 0 saturated carbocycles. The summed E-state index contributed by atoms with van der Waals surface area (Å²) < 4.78 is 26.6. The third-order valence-corrected chi connectivity index (χ3v) is 2.50. The lowest BCUT2D eigenvalue weighted by atomic mass is 9.94. The minimum atomic E-state index is -2.97. The van der Waals surface area contributed by atoms with Crippen LogP contribution in [0.3, 0.4) is 0 Å². The van der Waals surface area contributed by atoms with Crippen LogP contribution in [0.15, 0.2) is 24.3 Å². The van der Waals surface area contributed by atoms with Crippen molar-refractivity contribution in [2.75, 3.05) is 0 Å². The second-order valence-electron chi connectivity index (χ2n) is 4.01. The van der Waals surface area contributed by atoms with Gasteiger partial charge >= 0.3 is 5.97 Å². The summed E-state index contributed by atoms with van der Waals surface area (Å²) in [6, 6.07) is 5.27. The Bertz CT molecular complexity index is 402. The molecule has 0 bridgehead atoms. The molecule has 0 saturated heterocycles. The zero-order valence-electron chi connectivity index (χ0n) is 9.49. The third kappa shape index (κ3) is 3.78. The predicted octanol–water partition coefficient (Wildman–Crippen LogP) is 2.66. The highest BCUT2D eigenvalue weighted by atomic mass is 19.3. The van der Waals surface area contributed by atoms with E-state index in [2.05, 4.69) is 0 Å². The first kappa shape index (κ1) is 13.6. The Labute approximate surface area is 98.2 Å². The minimum Gasteiger partial charge on any atom is -0.481 e. The molecule has 1 aromatic rings. The maximum atomic E-state index is 13.3. The Kier molecular flexibility index (Phi) is 4.17. The molecule has 0 aliphatic heterocycles. The third-order valence-electron chi connectivity index (χ3n) is 2.50. The molecule has 1 atom stereocenters. The van der Waals surface area contributed by atoms with Crippen molar-refractivity contribution in [2.45, 2.75) is 31.7 Å². The van der Waals surface area contributed by atoms with Crippen molar-refractivity contribution in [3.63, 3.8) is 0 Å². The van der Waals surface area contributed by atoms with Crippen LogP contribution in [0.25, 0.3) is 0 Å². The molecular weight excluding hydrogens is 228 g/mol. The molecule has 0 aliphatic rings. The number of carboxylic acid groups (broad SMARTS) is 1. The van der Waals surface area contributed by atoms with Gasteiger partial charge in [-0.3, -0.25) is 4.79 Å². The molecule has 1 unspecified atom stereocenters. The first-order chi connectivity index (χ1) is 7.82. The molecule has 5 heteroatoms. The number of hydrogen-bond donors (Lipinski definition) is 2. The van der Waals surface area contributed by atoms with Crippen LogP contribution < -0.4 is 5.73 Å². The van der Waals surface area contributed by atoms with Crippen LogP contribution in [0.2, 0.25) is 0 Å². The van der Waals surface area contributed by atoms with Gasteiger partial charge in [0.15, 0.2) is 0 Å². The average Bonchev–Trinajstić information content (AvgIpc) is 2.24. The van der Waals surface area contributed by atoms with E-state index in [1.165, 1.54) is 18.2 Å². The topological polar surface area (TPSA) is 63.3 Å². The fourth-order valence-electron chi connectivity index (χ4n) is 1.65. The van der Waals surface area contributed by atoms with Crippen molar-refractivity contribution in [3.05, 3.63) is 35.4 Å². The molecule has 1 rings (SSSR count). The Morgan fingerprint density at radius 2 is 2.06 bits per heavy atom. The van der Waals surface area contributed by atoms with Crippen LogP contribution in [-0.2, 0) is 10.7 Å². The first-order valence-electron chi connectivity index (χ1n) is 5.27. The van der Waals surface area contributed by atoms with Crippen LogP contribution in [0.1, 0.15) is 36.9 Å². The summed E-state index contributed by atoms with van der Waals surface area (Å²) in [5.41, 5.74) is 5.91. The van der Waals surface area contributed by atoms with E-state index in [0.29, 0.717) is 5.56 Å². The maximum absolute atomic E-state index is 13.3. The second kappa shape index (κ2) is 5.23. The molecule has 0 aromatic heterocycles. The predicted molar refractivity (Wildman–Crippen MR) is 59.8 cm³/mol. The van der Waals surface area contributed by atoms with Crippen molar-refractivity contribution in [1.29, 1.82) is 0 Å². The van der Waals surface area contributed by atoms with Crippen molar-refractivity contribution >= 4 is 5.97 Å². The molecule has 0 heterocycles. The summed E-state index contributed by atoms with van der Waals surface area (Å²) in [4.78, 5) is 10.4. The van der Waals surface area contributed by atoms with Gasteiger partial charge in [0, 0.05) is 24.9 Å². The molecule has 94 valence electrons. The monoisotopic (exact) mass is 243 g/mol. The van der Waals surface area contributed by atoms with Gasteiger partial charge in [-0.2, -0.15) is 0 Å². The molecular formula is C12H15F2NO2. The van der Waals surface area contributed by atoms with E-state index < -0.39 is 17.9 Å². The maximum Gasteiger partial charge on any atom is 0.303 e. The molecule has 0 radical (unpaired) electrons. The molecule has 3 nitrogen and oxygen atoms in total. The van der Waals surface area contributed by atoms with Crippen molar-refractivity contribution < 1.29 is 18.7 Å². The largest absolute Gasteiger partial charge is 0.481 e. The summed E-state index contributed by atoms with van der Waals surface area (Å²) in [6.45, 7) is 0.801. The summed E-state index contributed by atoms with van der Waals surface area (Å²) in [6.07, 6.45) is 0.00716. The van der Waals surface area contributed by atoms with Crippen molar-refractivity contribution in [1.82, 2.24) is 0 Å². The minimum absolute atomic E-state index is 0.134. The Hall–Kier alpha value is -1.49. The highest BCUT2D eigenvalue weighted by molar-refractivity contribution is 5.66. The van der Waals surface area contributed by atoms with Crippen molar-refractivity contribution in [3.8, 4) is 0 Å². The highest BCUT2D eigenvalue weighted by Crippen LogP contribution is 2.33. The van der Waals surface area contributed by atoms with Gasteiger partial charge in [-0.1, -0.05) is 24.3 Å².